The molecule has 0 atom stereocenters. The van der Waals surface area contributed by atoms with E-state index in [1.165, 1.54) is 24.3 Å². The summed E-state index contributed by atoms with van der Waals surface area (Å²) in [5, 5.41) is 0. The molecule has 0 radical (unpaired) electrons. The maximum absolute atomic E-state index is 14.1. The van der Waals surface area contributed by atoms with E-state index in [0.29, 0.717) is 0 Å². The number of halogens is 3. The van der Waals surface area contributed by atoms with E-state index in [0.717, 1.165) is 24.3 Å². The van der Waals surface area contributed by atoms with Crippen LogP contribution in [0.25, 0.3) is 0 Å². The Labute approximate surface area is 95.2 Å². The molecule has 0 nitrogen and oxygen atoms in total. The Morgan fingerprint density at radius 1 is 0.562 bits per heavy atom. The molecule has 0 N–H and O–H groups in total. The van der Waals surface area contributed by atoms with Crippen LogP contribution in [-0.2, 0) is 0 Å². The molecule has 0 saturated carbocycles. The Bertz CT molecular complexity index is 430. The van der Waals surface area contributed by atoms with Gasteiger partial charge in [-0.25, -0.2) is 0 Å². The summed E-state index contributed by atoms with van der Waals surface area (Å²) < 4.78 is 41.4. The summed E-state index contributed by atoms with van der Waals surface area (Å²) in [6.45, 7) is 0. The molecule has 0 amide bonds. The molecule has 2 rings (SSSR count). The molecule has 0 aliphatic carbocycles. The van der Waals surface area contributed by atoms with Crippen LogP contribution < -0.4 is 7.02 Å². The zero-order chi connectivity index (χ0) is 11.7. The SMILES string of the molecule is [F][Sb]([F])([F])([c]1ccccc1)[c]1ccccc1. The molecular weight excluding hydrogens is 323 g/mol. The zero-order valence-corrected chi connectivity index (χ0v) is 10.9. The maximum atomic E-state index is 14.1. The molecule has 2 aromatic carbocycles. The van der Waals surface area contributed by atoms with Crippen molar-refractivity contribution in [3.63, 3.8) is 0 Å². The van der Waals surface area contributed by atoms with Crippen molar-refractivity contribution in [1.29, 1.82) is 0 Å². The first-order valence-corrected chi connectivity index (χ1v) is 10.2. The van der Waals surface area contributed by atoms with Gasteiger partial charge in [-0.05, 0) is 0 Å². The molecule has 0 fully saturated rings. The summed E-state index contributed by atoms with van der Waals surface area (Å²) in [6.07, 6.45) is 0. The predicted molar refractivity (Wildman–Crippen MR) is 61.2 cm³/mol. The summed E-state index contributed by atoms with van der Waals surface area (Å²) in [7, 11) is 0. The summed E-state index contributed by atoms with van der Waals surface area (Å²) in [6, 6.07) is 13.6. The van der Waals surface area contributed by atoms with Gasteiger partial charge in [0.1, 0.15) is 0 Å². The zero-order valence-electron chi connectivity index (χ0n) is 8.35. The third-order valence-corrected chi connectivity index (χ3v) is 8.87. The van der Waals surface area contributed by atoms with Crippen LogP contribution in [0.15, 0.2) is 60.7 Å². The minimum absolute atomic E-state index is 0.457. The van der Waals surface area contributed by atoms with E-state index in [2.05, 4.69) is 0 Å². The van der Waals surface area contributed by atoms with Crippen molar-refractivity contribution in [3.05, 3.63) is 60.7 Å². The Morgan fingerprint density at radius 2 is 0.875 bits per heavy atom. The molecule has 2 aromatic rings. The molecule has 84 valence electrons. The van der Waals surface area contributed by atoms with Crippen LogP contribution in [0.4, 0.5) is 8.44 Å². The van der Waals surface area contributed by atoms with E-state index in [-0.39, 0.29) is 0 Å². The van der Waals surface area contributed by atoms with Crippen molar-refractivity contribution in [1.82, 2.24) is 0 Å². The molecular formula is C12H10F3Sb. The Kier molecular flexibility index (Phi) is 2.75. The predicted octanol–water partition coefficient (Wildman–Crippen LogP) is 2.60. The fourth-order valence-electron chi connectivity index (χ4n) is 1.49. The van der Waals surface area contributed by atoms with Crippen LogP contribution in [0.3, 0.4) is 0 Å². The van der Waals surface area contributed by atoms with Gasteiger partial charge in [-0.3, -0.25) is 0 Å². The van der Waals surface area contributed by atoms with Gasteiger partial charge in [-0.1, -0.05) is 0 Å². The van der Waals surface area contributed by atoms with Crippen LogP contribution >= 0.6 is 0 Å². The summed E-state index contributed by atoms with van der Waals surface area (Å²) in [4.78, 5) is 0. The fraction of sp³-hybridized carbons (Fsp3) is 0. The Balaban J connectivity index is 2.60. The second kappa shape index (κ2) is 3.81. The number of hydrogen-bond donors (Lipinski definition) is 0. The summed E-state index contributed by atoms with van der Waals surface area (Å²) in [5.74, 6) is 0. The first-order valence-electron chi connectivity index (χ1n) is 4.78. The number of rotatable bonds is 2. The van der Waals surface area contributed by atoms with E-state index >= 15 is 0 Å². The van der Waals surface area contributed by atoms with E-state index in [4.69, 9.17) is 0 Å². The van der Waals surface area contributed by atoms with E-state index in [1.54, 1.807) is 12.1 Å². The molecule has 0 spiro atoms. The van der Waals surface area contributed by atoms with Crippen LogP contribution in [-0.4, -0.2) is 19.1 Å². The van der Waals surface area contributed by atoms with Gasteiger partial charge in [0, 0.05) is 0 Å². The van der Waals surface area contributed by atoms with Crippen molar-refractivity contribution in [2.75, 3.05) is 0 Å². The van der Waals surface area contributed by atoms with Crippen molar-refractivity contribution in [3.8, 4) is 0 Å². The van der Waals surface area contributed by atoms with Gasteiger partial charge in [-0.15, -0.1) is 0 Å². The second-order valence-electron chi connectivity index (χ2n) is 3.48. The van der Waals surface area contributed by atoms with E-state index < -0.39 is 26.2 Å². The van der Waals surface area contributed by atoms with Crippen molar-refractivity contribution < 1.29 is 8.44 Å². The van der Waals surface area contributed by atoms with Gasteiger partial charge in [0.15, 0.2) is 0 Å². The standard InChI is InChI=1S/2C6H5.3FH.Sb/c2*1-2-4-6-5-3-1;;;;/h2*1-5H;3*1H;/q;;;;;+3/p-3. The Hall–Kier alpha value is -0.952. The van der Waals surface area contributed by atoms with Gasteiger partial charge in [0.05, 0.1) is 0 Å². The monoisotopic (exact) mass is 332 g/mol. The van der Waals surface area contributed by atoms with Gasteiger partial charge >= 0.3 is 95.3 Å². The van der Waals surface area contributed by atoms with Crippen LogP contribution in [0.2, 0.25) is 0 Å². The Morgan fingerprint density at radius 3 is 1.19 bits per heavy atom. The molecule has 0 saturated heterocycles. The molecule has 0 heterocycles. The first-order chi connectivity index (χ1) is 7.49. The fourth-order valence-corrected chi connectivity index (χ4v) is 6.11. The van der Waals surface area contributed by atoms with E-state index in [1.807, 2.05) is 0 Å². The molecule has 4 heteroatoms. The van der Waals surface area contributed by atoms with Gasteiger partial charge in [0.2, 0.25) is 0 Å². The van der Waals surface area contributed by atoms with Gasteiger partial charge in [0.25, 0.3) is 0 Å². The molecule has 0 aliphatic heterocycles. The number of benzene rings is 2. The third-order valence-electron chi connectivity index (χ3n) is 2.36. The molecule has 0 aliphatic rings. The van der Waals surface area contributed by atoms with Gasteiger partial charge in [-0.2, -0.15) is 0 Å². The molecule has 0 unspecified atom stereocenters. The van der Waals surface area contributed by atoms with Gasteiger partial charge < -0.3 is 0 Å². The second-order valence-corrected chi connectivity index (χ2v) is 11.1. The topological polar surface area (TPSA) is 0 Å². The quantitative estimate of drug-likeness (QED) is 0.742. The molecule has 0 aromatic heterocycles. The molecule has 16 heavy (non-hydrogen) atoms. The minimum atomic E-state index is -7.29. The third kappa shape index (κ3) is 1.96. The average Bonchev–Trinajstić information content (AvgIpc) is 2.31. The van der Waals surface area contributed by atoms with Crippen LogP contribution in [0.5, 0.6) is 0 Å². The normalized spacial score (nSPS) is 14.1. The van der Waals surface area contributed by atoms with Crippen LogP contribution in [0, 0.1) is 0 Å². The average molecular weight is 333 g/mol. The van der Waals surface area contributed by atoms with Crippen molar-refractivity contribution in [2.45, 2.75) is 0 Å². The van der Waals surface area contributed by atoms with Crippen molar-refractivity contribution >= 4 is 26.2 Å². The number of hydrogen-bond acceptors (Lipinski definition) is 0. The van der Waals surface area contributed by atoms with Crippen LogP contribution in [0.1, 0.15) is 0 Å². The van der Waals surface area contributed by atoms with Crippen molar-refractivity contribution in [2.24, 2.45) is 0 Å². The van der Waals surface area contributed by atoms with E-state index in [9.17, 15) is 8.44 Å². The molecule has 0 bridgehead atoms. The first kappa shape index (κ1) is 11.5. The summed E-state index contributed by atoms with van der Waals surface area (Å²) >= 11 is -7.29. The summed E-state index contributed by atoms with van der Waals surface area (Å²) in [5.41, 5.74) is 0.